The molecule has 1 heterocycles. The first-order chi connectivity index (χ1) is 13.6. The van der Waals surface area contributed by atoms with Crippen LogP contribution in [0, 0.1) is 18.3 Å². The van der Waals surface area contributed by atoms with Crippen molar-refractivity contribution in [2.24, 2.45) is 0 Å². The summed E-state index contributed by atoms with van der Waals surface area (Å²) in [4.78, 5) is 29.3. The quantitative estimate of drug-likeness (QED) is 0.528. The van der Waals surface area contributed by atoms with Gasteiger partial charge in [-0.25, -0.2) is 9.78 Å². The van der Waals surface area contributed by atoms with Crippen molar-refractivity contribution in [1.29, 1.82) is 5.26 Å². The summed E-state index contributed by atoms with van der Waals surface area (Å²) in [6.07, 6.45) is 0.203. The van der Waals surface area contributed by atoms with Crippen LogP contribution in [0.15, 0.2) is 54.6 Å². The Bertz CT molecular complexity index is 1060. The highest BCUT2D eigenvalue weighted by molar-refractivity contribution is 6.06. The number of carbonyl (C=O) groups excluding carboxylic acids is 2. The molecule has 3 aromatic rings. The molecule has 1 aromatic heterocycles. The average molecular weight is 373 g/mol. The van der Waals surface area contributed by atoms with Crippen molar-refractivity contribution >= 4 is 22.8 Å². The van der Waals surface area contributed by atoms with Gasteiger partial charge in [-0.3, -0.25) is 4.79 Å². The summed E-state index contributed by atoms with van der Waals surface area (Å²) in [6.45, 7) is 1.65. The molecule has 0 aliphatic heterocycles. The number of aromatic nitrogens is 1. The number of pyridine rings is 1. The van der Waals surface area contributed by atoms with E-state index in [0.717, 1.165) is 5.56 Å². The van der Waals surface area contributed by atoms with E-state index >= 15 is 0 Å². The number of para-hydroxylation sites is 1. The molecule has 2 aromatic carbocycles. The van der Waals surface area contributed by atoms with Crippen molar-refractivity contribution in [3.63, 3.8) is 0 Å². The molecule has 0 spiro atoms. The molecule has 28 heavy (non-hydrogen) atoms. The monoisotopic (exact) mass is 373 g/mol. The second-order valence-corrected chi connectivity index (χ2v) is 6.18. The van der Waals surface area contributed by atoms with Crippen LogP contribution in [0.25, 0.3) is 22.2 Å². The van der Waals surface area contributed by atoms with E-state index in [4.69, 9.17) is 15.0 Å². The van der Waals surface area contributed by atoms with Crippen molar-refractivity contribution in [2.75, 3.05) is 13.2 Å². The van der Waals surface area contributed by atoms with Gasteiger partial charge in [0.05, 0.1) is 29.3 Å². The highest BCUT2D eigenvalue weighted by Crippen LogP contribution is 2.30. The molecule has 6 heteroatoms. The fourth-order valence-electron chi connectivity index (χ4n) is 2.96. The third kappa shape index (κ3) is 4.15. The zero-order valence-corrected chi connectivity index (χ0v) is 15.4. The Labute approximate surface area is 162 Å². The standard InChI is InChI=1S/C22H19N3O3/c1-15-20(22(27)28-14-19(26)24-13-7-12-23)17-10-5-6-11-18(17)25-21(15)16-8-3-2-4-9-16/h2-6,8-11H,7,13-14H2,1H3,(H,24,26). The van der Waals surface area contributed by atoms with Gasteiger partial charge in [-0.05, 0) is 18.6 Å². The summed E-state index contributed by atoms with van der Waals surface area (Å²) < 4.78 is 5.24. The van der Waals surface area contributed by atoms with Gasteiger partial charge in [0, 0.05) is 17.5 Å². The summed E-state index contributed by atoms with van der Waals surface area (Å²) in [5.74, 6) is -1.02. The number of nitrogens with one attached hydrogen (secondary N) is 1. The third-order valence-corrected chi connectivity index (χ3v) is 4.28. The van der Waals surface area contributed by atoms with E-state index in [1.54, 1.807) is 0 Å². The van der Waals surface area contributed by atoms with Crippen molar-refractivity contribution < 1.29 is 14.3 Å². The van der Waals surface area contributed by atoms with E-state index in [-0.39, 0.29) is 13.0 Å². The van der Waals surface area contributed by atoms with Crippen molar-refractivity contribution in [1.82, 2.24) is 10.3 Å². The number of carbonyl (C=O) groups is 2. The lowest BCUT2D eigenvalue weighted by Gasteiger charge is -2.14. The molecular formula is C22H19N3O3. The molecule has 0 saturated heterocycles. The van der Waals surface area contributed by atoms with Crippen LogP contribution in [-0.2, 0) is 9.53 Å². The Hall–Kier alpha value is -3.72. The van der Waals surface area contributed by atoms with E-state index in [9.17, 15) is 9.59 Å². The maximum atomic E-state index is 12.8. The van der Waals surface area contributed by atoms with Crippen LogP contribution < -0.4 is 5.32 Å². The smallest absolute Gasteiger partial charge is 0.339 e. The molecule has 0 atom stereocenters. The van der Waals surface area contributed by atoms with E-state index < -0.39 is 18.5 Å². The van der Waals surface area contributed by atoms with Gasteiger partial charge in [-0.1, -0.05) is 48.5 Å². The molecular weight excluding hydrogens is 354 g/mol. The summed E-state index contributed by atoms with van der Waals surface area (Å²) in [7, 11) is 0. The maximum absolute atomic E-state index is 12.8. The predicted octanol–water partition coefficient (Wildman–Crippen LogP) is 3.40. The van der Waals surface area contributed by atoms with E-state index in [1.807, 2.05) is 67.6 Å². The molecule has 0 aliphatic carbocycles. The molecule has 0 unspecified atom stereocenters. The Morgan fingerprint density at radius 2 is 1.82 bits per heavy atom. The molecule has 140 valence electrons. The SMILES string of the molecule is Cc1c(-c2ccccc2)nc2ccccc2c1C(=O)OCC(=O)NCCC#N. The Kier molecular flexibility index (Phi) is 5.97. The van der Waals surface area contributed by atoms with Gasteiger partial charge in [-0.2, -0.15) is 5.26 Å². The highest BCUT2D eigenvalue weighted by atomic mass is 16.5. The van der Waals surface area contributed by atoms with Crippen LogP contribution in [-0.4, -0.2) is 30.0 Å². The molecule has 0 fully saturated rings. The number of ether oxygens (including phenoxy) is 1. The Morgan fingerprint density at radius 1 is 1.11 bits per heavy atom. The predicted molar refractivity (Wildman–Crippen MR) is 105 cm³/mol. The topological polar surface area (TPSA) is 92.1 Å². The normalized spacial score (nSPS) is 10.3. The molecule has 1 N–H and O–H groups in total. The minimum atomic E-state index is -0.580. The minimum Gasteiger partial charge on any atom is -0.452 e. The van der Waals surface area contributed by atoms with E-state index in [1.165, 1.54) is 0 Å². The fourth-order valence-corrected chi connectivity index (χ4v) is 2.96. The van der Waals surface area contributed by atoms with Gasteiger partial charge in [-0.15, -0.1) is 0 Å². The number of nitriles is 1. The van der Waals surface area contributed by atoms with Crippen LogP contribution >= 0.6 is 0 Å². The first kappa shape index (κ1) is 19.1. The number of amides is 1. The fraction of sp³-hybridized carbons (Fsp3) is 0.182. The van der Waals surface area contributed by atoms with Gasteiger partial charge in [0.15, 0.2) is 6.61 Å². The Balaban J connectivity index is 1.93. The Morgan fingerprint density at radius 3 is 2.57 bits per heavy atom. The second kappa shape index (κ2) is 8.78. The maximum Gasteiger partial charge on any atom is 0.339 e. The minimum absolute atomic E-state index is 0.203. The van der Waals surface area contributed by atoms with Crippen LogP contribution in [0.2, 0.25) is 0 Å². The van der Waals surface area contributed by atoms with Crippen molar-refractivity contribution in [3.8, 4) is 17.3 Å². The van der Waals surface area contributed by atoms with Crippen molar-refractivity contribution in [3.05, 3.63) is 65.7 Å². The lowest BCUT2D eigenvalue weighted by atomic mass is 9.98. The summed E-state index contributed by atoms with van der Waals surface area (Å²) in [5, 5.41) is 11.7. The number of nitrogens with zero attached hydrogens (tertiary/aromatic N) is 2. The number of hydrogen-bond donors (Lipinski definition) is 1. The molecule has 6 nitrogen and oxygen atoms in total. The molecule has 0 saturated carbocycles. The van der Waals surface area contributed by atoms with Crippen LogP contribution in [0.5, 0.6) is 0 Å². The van der Waals surface area contributed by atoms with Crippen LogP contribution in [0.4, 0.5) is 0 Å². The lowest BCUT2D eigenvalue weighted by Crippen LogP contribution is -2.29. The molecule has 0 radical (unpaired) electrons. The third-order valence-electron chi connectivity index (χ3n) is 4.28. The number of hydrogen-bond acceptors (Lipinski definition) is 5. The largest absolute Gasteiger partial charge is 0.452 e. The van der Waals surface area contributed by atoms with Gasteiger partial charge in [0.2, 0.25) is 0 Å². The zero-order valence-electron chi connectivity index (χ0n) is 15.4. The zero-order chi connectivity index (χ0) is 19.9. The van der Waals surface area contributed by atoms with Gasteiger partial charge >= 0.3 is 5.97 Å². The number of fused-ring (bicyclic) bond motifs is 1. The summed E-state index contributed by atoms with van der Waals surface area (Å²) in [5.41, 5.74) is 3.37. The number of rotatable bonds is 6. The van der Waals surface area contributed by atoms with Crippen LogP contribution in [0.1, 0.15) is 22.3 Å². The molecule has 1 amide bonds. The van der Waals surface area contributed by atoms with Gasteiger partial charge in [0.1, 0.15) is 0 Å². The number of benzene rings is 2. The van der Waals surface area contributed by atoms with E-state index in [2.05, 4.69) is 5.32 Å². The summed E-state index contributed by atoms with van der Waals surface area (Å²) in [6, 6.07) is 18.9. The van der Waals surface area contributed by atoms with E-state index in [0.29, 0.717) is 27.7 Å². The summed E-state index contributed by atoms with van der Waals surface area (Å²) >= 11 is 0. The molecule has 0 aliphatic rings. The van der Waals surface area contributed by atoms with Gasteiger partial charge in [0.25, 0.3) is 5.91 Å². The first-order valence-corrected chi connectivity index (χ1v) is 8.87. The first-order valence-electron chi connectivity index (χ1n) is 8.87. The number of esters is 1. The van der Waals surface area contributed by atoms with Crippen molar-refractivity contribution in [2.45, 2.75) is 13.3 Å². The molecule has 3 rings (SSSR count). The average Bonchev–Trinajstić information content (AvgIpc) is 2.72. The molecule has 0 bridgehead atoms. The van der Waals surface area contributed by atoms with Gasteiger partial charge < -0.3 is 10.1 Å². The second-order valence-electron chi connectivity index (χ2n) is 6.18. The lowest BCUT2D eigenvalue weighted by molar-refractivity contribution is -0.124. The van der Waals surface area contributed by atoms with Crippen LogP contribution in [0.3, 0.4) is 0 Å². The highest BCUT2D eigenvalue weighted by Gasteiger charge is 2.20.